The molecule has 1 aromatic rings. The number of rotatable bonds is 9. The van der Waals surface area contributed by atoms with Crippen molar-refractivity contribution in [2.24, 2.45) is 5.92 Å². The van der Waals surface area contributed by atoms with Crippen molar-refractivity contribution in [1.29, 1.82) is 0 Å². The summed E-state index contributed by atoms with van der Waals surface area (Å²) in [5.74, 6) is -0.0129. The fraction of sp³-hybridized carbons (Fsp3) is 0.529. The number of methoxy groups -OCH3 is 3. The van der Waals surface area contributed by atoms with Crippen molar-refractivity contribution in [1.82, 2.24) is 4.90 Å². The third-order valence-corrected chi connectivity index (χ3v) is 3.53. The van der Waals surface area contributed by atoms with Crippen LogP contribution in [0, 0.1) is 5.92 Å². The van der Waals surface area contributed by atoms with Gasteiger partial charge in [0.05, 0.1) is 33.2 Å². The summed E-state index contributed by atoms with van der Waals surface area (Å²) >= 11 is 0. The summed E-state index contributed by atoms with van der Waals surface area (Å²) in [7, 11) is 4.52. The zero-order valence-electron chi connectivity index (χ0n) is 14.2. The highest BCUT2D eigenvalue weighted by molar-refractivity contribution is 5.80. The molecule has 0 aliphatic rings. The van der Waals surface area contributed by atoms with Crippen molar-refractivity contribution >= 4 is 11.9 Å². The van der Waals surface area contributed by atoms with E-state index in [1.54, 1.807) is 26.0 Å². The molecule has 1 unspecified atom stereocenters. The van der Waals surface area contributed by atoms with Crippen LogP contribution in [-0.4, -0.2) is 57.8 Å². The normalized spacial score (nSPS) is 11.7. The number of benzene rings is 1. The Morgan fingerprint density at radius 3 is 2.30 bits per heavy atom. The molecular weight excluding hydrogens is 298 g/mol. The molecule has 0 aliphatic heterocycles. The number of amides is 1. The maximum absolute atomic E-state index is 12.5. The molecular formula is C17H25NO5. The van der Waals surface area contributed by atoms with Gasteiger partial charge in [-0.3, -0.25) is 9.59 Å². The molecule has 0 bridgehead atoms. The Morgan fingerprint density at radius 1 is 1.13 bits per heavy atom. The van der Waals surface area contributed by atoms with Gasteiger partial charge in [-0.25, -0.2) is 0 Å². The van der Waals surface area contributed by atoms with Crippen LogP contribution in [-0.2, 0) is 25.5 Å². The molecule has 1 amide bonds. The lowest BCUT2D eigenvalue weighted by Gasteiger charge is -2.25. The molecule has 0 spiro atoms. The molecule has 23 heavy (non-hydrogen) atoms. The van der Waals surface area contributed by atoms with E-state index in [0.717, 1.165) is 11.3 Å². The lowest BCUT2D eigenvalue weighted by molar-refractivity contribution is -0.146. The first kappa shape index (κ1) is 19.0. The minimum atomic E-state index is -0.378. The molecule has 0 fully saturated rings. The van der Waals surface area contributed by atoms with E-state index < -0.39 is 0 Å². The van der Waals surface area contributed by atoms with Crippen molar-refractivity contribution in [3.8, 4) is 5.75 Å². The molecule has 0 radical (unpaired) electrons. The van der Waals surface area contributed by atoms with Gasteiger partial charge in [-0.05, 0) is 17.7 Å². The molecule has 0 aliphatic carbocycles. The maximum Gasteiger partial charge on any atom is 0.310 e. The third kappa shape index (κ3) is 6.28. The van der Waals surface area contributed by atoms with E-state index in [0.29, 0.717) is 19.7 Å². The molecule has 1 rings (SSSR count). The Hall–Kier alpha value is -2.08. The number of esters is 1. The quantitative estimate of drug-likeness (QED) is 0.645. The summed E-state index contributed by atoms with van der Waals surface area (Å²) in [4.78, 5) is 25.7. The molecule has 0 saturated carbocycles. The van der Waals surface area contributed by atoms with Crippen molar-refractivity contribution in [3.05, 3.63) is 29.8 Å². The minimum Gasteiger partial charge on any atom is -0.497 e. The Labute approximate surface area is 137 Å². The van der Waals surface area contributed by atoms with Crippen LogP contribution >= 0.6 is 0 Å². The molecule has 6 heteroatoms. The van der Waals surface area contributed by atoms with Gasteiger partial charge in [0.1, 0.15) is 5.75 Å². The summed E-state index contributed by atoms with van der Waals surface area (Å²) in [6.45, 7) is 2.91. The van der Waals surface area contributed by atoms with Gasteiger partial charge in [-0.2, -0.15) is 0 Å². The van der Waals surface area contributed by atoms with Crippen LogP contribution in [0.2, 0.25) is 0 Å². The van der Waals surface area contributed by atoms with Crippen LogP contribution < -0.4 is 4.74 Å². The third-order valence-electron chi connectivity index (χ3n) is 3.53. The number of nitrogens with zero attached hydrogens (tertiary/aromatic N) is 1. The zero-order chi connectivity index (χ0) is 17.2. The Bertz CT molecular complexity index is 500. The highest BCUT2D eigenvalue weighted by Gasteiger charge is 2.21. The van der Waals surface area contributed by atoms with Crippen LogP contribution in [0.25, 0.3) is 0 Å². The fourth-order valence-electron chi connectivity index (χ4n) is 2.16. The number of hydrogen-bond donors (Lipinski definition) is 0. The van der Waals surface area contributed by atoms with Gasteiger partial charge in [0.15, 0.2) is 0 Å². The second kappa shape index (κ2) is 9.84. The Morgan fingerprint density at radius 2 is 1.78 bits per heavy atom. The van der Waals surface area contributed by atoms with Gasteiger partial charge in [0, 0.05) is 20.2 Å². The first-order chi connectivity index (χ1) is 11.0. The van der Waals surface area contributed by atoms with Gasteiger partial charge in [-0.15, -0.1) is 0 Å². The largest absolute Gasteiger partial charge is 0.497 e. The Kier molecular flexibility index (Phi) is 8.11. The van der Waals surface area contributed by atoms with Crippen molar-refractivity contribution in [2.45, 2.75) is 13.3 Å². The van der Waals surface area contributed by atoms with Gasteiger partial charge in [-0.1, -0.05) is 19.1 Å². The van der Waals surface area contributed by atoms with Crippen LogP contribution in [0.5, 0.6) is 5.75 Å². The van der Waals surface area contributed by atoms with E-state index >= 15 is 0 Å². The van der Waals surface area contributed by atoms with Gasteiger partial charge in [0.25, 0.3) is 0 Å². The molecule has 1 aromatic carbocycles. The number of hydrogen-bond acceptors (Lipinski definition) is 5. The molecule has 0 saturated heterocycles. The highest BCUT2D eigenvalue weighted by atomic mass is 16.5. The van der Waals surface area contributed by atoms with E-state index in [1.807, 2.05) is 24.3 Å². The first-order valence-corrected chi connectivity index (χ1v) is 7.49. The molecule has 0 N–H and O–H groups in total. The summed E-state index contributed by atoms with van der Waals surface area (Å²) < 4.78 is 14.9. The second-order valence-corrected chi connectivity index (χ2v) is 5.28. The first-order valence-electron chi connectivity index (χ1n) is 7.49. The topological polar surface area (TPSA) is 65.1 Å². The van der Waals surface area contributed by atoms with E-state index in [9.17, 15) is 9.59 Å². The van der Waals surface area contributed by atoms with Crippen molar-refractivity contribution < 1.29 is 23.8 Å². The van der Waals surface area contributed by atoms with Crippen LogP contribution in [0.4, 0.5) is 0 Å². The average molecular weight is 323 g/mol. The number of carbonyl (C=O) groups excluding carboxylic acids is 2. The smallest absolute Gasteiger partial charge is 0.310 e. The summed E-state index contributed by atoms with van der Waals surface area (Å²) in [6, 6.07) is 7.35. The maximum atomic E-state index is 12.5. The van der Waals surface area contributed by atoms with Crippen LogP contribution in [0.1, 0.15) is 12.5 Å². The van der Waals surface area contributed by atoms with E-state index in [4.69, 9.17) is 14.2 Å². The lowest BCUT2D eigenvalue weighted by Crippen LogP contribution is -2.40. The number of ether oxygens (including phenoxy) is 3. The van der Waals surface area contributed by atoms with Gasteiger partial charge < -0.3 is 19.1 Å². The van der Waals surface area contributed by atoms with E-state index in [-0.39, 0.29) is 24.2 Å². The Balaban J connectivity index is 2.71. The van der Waals surface area contributed by atoms with E-state index in [1.165, 1.54) is 7.11 Å². The van der Waals surface area contributed by atoms with Crippen molar-refractivity contribution in [2.75, 3.05) is 41.0 Å². The van der Waals surface area contributed by atoms with Crippen molar-refractivity contribution in [3.63, 3.8) is 0 Å². The molecule has 0 aromatic heterocycles. The lowest BCUT2D eigenvalue weighted by atomic mass is 10.1. The SMILES string of the molecule is COCCN(CC(C)C(=O)OC)C(=O)Cc1ccc(OC)cc1. The molecule has 1 atom stereocenters. The summed E-state index contributed by atoms with van der Waals surface area (Å²) in [5.41, 5.74) is 0.893. The zero-order valence-corrected chi connectivity index (χ0v) is 14.2. The number of carbonyl (C=O) groups is 2. The van der Waals surface area contributed by atoms with Gasteiger partial charge in [0.2, 0.25) is 5.91 Å². The van der Waals surface area contributed by atoms with Crippen LogP contribution in [0.15, 0.2) is 24.3 Å². The highest BCUT2D eigenvalue weighted by Crippen LogP contribution is 2.13. The molecule has 0 heterocycles. The van der Waals surface area contributed by atoms with Crippen LogP contribution in [0.3, 0.4) is 0 Å². The summed E-state index contributed by atoms with van der Waals surface area (Å²) in [5, 5.41) is 0. The predicted molar refractivity (Wildman–Crippen MR) is 86.3 cm³/mol. The van der Waals surface area contributed by atoms with E-state index in [2.05, 4.69) is 0 Å². The molecule has 128 valence electrons. The standard InChI is InChI=1S/C17H25NO5/c1-13(17(20)23-4)12-18(9-10-21-2)16(19)11-14-5-7-15(22-3)8-6-14/h5-8,13H,9-12H2,1-4H3. The fourth-order valence-corrected chi connectivity index (χ4v) is 2.16. The monoisotopic (exact) mass is 323 g/mol. The second-order valence-electron chi connectivity index (χ2n) is 5.28. The molecule has 6 nitrogen and oxygen atoms in total. The average Bonchev–Trinajstić information content (AvgIpc) is 2.58. The van der Waals surface area contributed by atoms with Gasteiger partial charge >= 0.3 is 5.97 Å². The summed E-state index contributed by atoms with van der Waals surface area (Å²) in [6.07, 6.45) is 0.265. The minimum absolute atomic E-state index is 0.0528. The predicted octanol–water partition coefficient (Wildman–Crippen LogP) is 1.52.